The molecule has 1 fully saturated rings. The summed E-state index contributed by atoms with van der Waals surface area (Å²) < 4.78 is 4.78. The molecule has 0 spiro atoms. The van der Waals surface area contributed by atoms with Crippen molar-refractivity contribution in [2.24, 2.45) is 0 Å². The fourth-order valence-corrected chi connectivity index (χ4v) is 4.22. The fraction of sp³-hybridized carbons (Fsp3) is 0.208. The molecule has 2 N–H and O–H groups in total. The van der Waals surface area contributed by atoms with Gasteiger partial charge in [0.2, 0.25) is 0 Å². The van der Waals surface area contributed by atoms with E-state index in [2.05, 4.69) is 41.5 Å². The number of nitrogens with zero attached hydrogens (tertiary/aromatic N) is 1. The van der Waals surface area contributed by atoms with Crippen LogP contribution in [0.15, 0.2) is 72.1 Å². The molecule has 1 amide bonds. The largest absolute Gasteiger partial charge is 0.465 e. The molecule has 0 atom stereocenters. The van der Waals surface area contributed by atoms with Gasteiger partial charge < -0.3 is 15.0 Å². The van der Waals surface area contributed by atoms with Crippen molar-refractivity contribution in [3.63, 3.8) is 0 Å². The van der Waals surface area contributed by atoms with Gasteiger partial charge in [-0.2, -0.15) is 0 Å². The summed E-state index contributed by atoms with van der Waals surface area (Å²) in [5.41, 5.74) is 5.13. The summed E-state index contributed by atoms with van der Waals surface area (Å²) in [6, 6.07) is 15.7. The Morgan fingerprint density at radius 3 is 2.45 bits per heavy atom. The number of fused-ring (bicyclic) bond motifs is 1. The van der Waals surface area contributed by atoms with Crippen molar-refractivity contribution >= 4 is 34.9 Å². The molecule has 1 saturated heterocycles. The molecule has 4 rings (SSSR count). The molecule has 0 aromatic heterocycles. The zero-order chi connectivity index (χ0) is 22.2. The molecule has 0 bridgehead atoms. The van der Waals surface area contributed by atoms with E-state index in [1.165, 1.54) is 12.7 Å². The van der Waals surface area contributed by atoms with Gasteiger partial charge in [-0.25, -0.2) is 4.79 Å². The molecule has 0 unspecified atom stereocenters. The number of hydrogen-bond acceptors (Lipinski definition) is 5. The molecular formula is C24H23N3O3S. The van der Waals surface area contributed by atoms with Crippen LogP contribution in [0.1, 0.15) is 35.3 Å². The van der Waals surface area contributed by atoms with E-state index in [4.69, 9.17) is 17.0 Å². The van der Waals surface area contributed by atoms with E-state index in [0.29, 0.717) is 22.9 Å². The lowest BCUT2D eigenvalue weighted by molar-refractivity contribution is -0.115. The molecular weight excluding hydrogens is 410 g/mol. The quantitative estimate of drug-likeness (QED) is 0.437. The van der Waals surface area contributed by atoms with Gasteiger partial charge in [0.05, 0.1) is 12.7 Å². The van der Waals surface area contributed by atoms with Crippen molar-refractivity contribution in [3.05, 3.63) is 88.8 Å². The van der Waals surface area contributed by atoms with Crippen LogP contribution in [0.3, 0.4) is 0 Å². The van der Waals surface area contributed by atoms with Crippen molar-refractivity contribution in [2.75, 3.05) is 12.0 Å². The molecule has 31 heavy (non-hydrogen) atoms. The molecule has 0 radical (unpaired) electrons. The normalized spacial score (nSPS) is 19.4. The van der Waals surface area contributed by atoms with Crippen LogP contribution in [0.2, 0.25) is 0 Å². The Labute approximate surface area is 186 Å². The average Bonchev–Trinajstić information content (AvgIpc) is 3.19. The first-order valence-electron chi connectivity index (χ1n) is 9.90. The summed E-state index contributed by atoms with van der Waals surface area (Å²) >= 11 is 5.02. The van der Waals surface area contributed by atoms with Gasteiger partial charge >= 0.3 is 5.97 Å². The van der Waals surface area contributed by atoms with E-state index in [1.807, 2.05) is 30.3 Å². The first-order valence-corrected chi connectivity index (χ1v) is 10.3. The fourth-order valence-electron chi connectivity index (χ4n) is 4.02. The summed E-state index contributed by atoms with van der Waals surface area (Å²) in [5, 5.41) is 5.78. The second kappa shape index (κ2) is 8.00. The van der Waals surface area contributed by atoms with Crippen LogP contribution in [-0.2, 0) is 21.5 Å². The molecule has 158 valence electrons. The van der Waals surface area contributed by atoms with Gasteiger partial charge in [0, 0.05) is 23.3 Å². The van der Waals surface area contributed by atoms with E-state index in [1.54, 1.807) is 18.2 Å². The number of methoxy groups -OCH3 is 1. The predicted octanol–water partition coefficient (Wildman–Crippen LogP) is 3.54. The van der Waals surface area contributed by atoms with E-state index in [-0.39, 0.29) is 17.3 Å². The SMILES string of the molecule is COC(=O)c1ccc(CN2C(=CC=C3NC(=S)NC3=O)C(C)(C)c3ccccc32)cc1. The minimum absolute atomic E-state index is 0.236. The van der Waals surface area contributed by atoms with Gasteiger partial charge in [-0.15, -0.1) is 0 Å². The molecule has 2 aromatic carbocycles. The average molecular weight is 434 g/mol. The monoisotopic (exact) mass is 433 g/mol. The second-order valence-electron chi connectivity index (χ2n) is 7.96. The number of esters is 1. The Bertz CT molecular complexity index is 1130. The van der Waals surface area contributed by atoms with Crippen LogP contribution >= 0.6 is 12.2 Å². The van der Waals surface area contributed by atoms with Gasteiger partial charge in [-0.05, 0) is 53.7 Å². The van der Waals surface area contributed by atoms with Crippen LogP contribution in [0.5, 0.6) is 0 Å². The van der Waals surface area contributed by atoms with Crippen molar-refractivity contribution in [3.8, 4) is 0 Å². The highest BCUT2D eigenvalue weighted by Gasteiger charge is 2.39. The lowest BCUT2D eigenvalue weighted by atomic mass is 9.83. The third-order valence-corrected chi connectivity index (χ3v) is 5.85. The number of para-hydroxylation sites is 1. The standard InChI is InChI=1S/C24H23N3O3S/c1-24(2)17-6-4-5-7-19(17)27(14-15-8-10-16(11-9-15)22(29)30-3)20(24)13-12-18-21(28)26-23(31)25-18/h4-13H,14H2,1-3H3,(H2,25,26,28,31). The maximum absolute atomic E-state index is 12.0. The molecule has 2 aliphatic heterocycles. The summed E-state index contributed by atoms with van der Waals surface area (Å²) in [7, 11) is 1.37. The van der Waals surface area contributed by atoms with Crippen molar-refractivity contribution in [1.82, 2.24) is 10.6 Å². The lowest BCUT2D eigenvalue weighted by Crippen LogP contribution is -2.26. The van der Waals surface area contributed by atoms with Gasteiger partial charge in [0.1, 0.15) is 5.70 Å². The number of carbonyl (C=O) groups is 2. The van der Waals surface area contributed by atoms with Crippen LogP contribution in [0.25, 0.3) is 0 Å². The maximum atomic E-state index is 12.0. The molecule has 0 aliphatic carbocycles. The summed E-state index contributed by atoms with van der Waals surface area (Å²) in [4.78, 5) is 26.0. The van der Waals surface area contributed by atoms with Crippen molar-refractivity contribution in [2.45, 2.75) is 25.8 Å². The predicted molar refractivity (Wildman–Crippen MR) is 123 cm³/mol. The third-order valence-electron chi connectivity index (χ3n) is 5.64. The number of ether oxygens (including phenoxy) is 1. The summed E-state index contributed by atoms with van der Waals surface area (Å²) in [6.07, 6.45) is 3.74. The Balaban J connectivity index is 1.71. The van der Waals surface area contributed by atoms with Gasteiger partial charge in [0.25, 0.3) is 5.91 Å². The summed E-state index contributed by atoms with van der Waals surface area (Å²) in [5.74, 6) is -0.591. The van der Waals surface area contributed by atoms with Crippen LogP contribution in [-0.4, -0.2) is 24.1 Å². The molecule has 2 aliphatic rings. The molecule has 7 heteroatoms. The number of rotatable bonds is 4. The number of benzene rings is 2. The van der Waals surface area contributed by atoms with Crippen molar-refractivity contribution in [1.29, 1.82) is 0 Å². The maximum Gasteiger partial charge on any atom is 0.337 e. The van der Waals surface area contributed by atoms with E-state index in [9.17, 15) is 9.59 Å². The second-order valence-corrected chi connectivity index (χ2v) is 8.37. The highest BCUT2D eigenvalue weighted by molar-refractivity contribution is 7.80. The number of carbonyl (C=O) groups excluding carboxylic acids is 2. The first-order chi connectivity index (χ1) is 14.8. The highest BCUT2D eigenvalue weighted by atomic mass is 32.1. The zero-order valence-electron chi connectivity index (χ0n) is 17.6. The topological polar surface area (TPSA) is 70.7 Å². The number of thiocarbonyl (C=S) groups is 1. The van der Waals surface area contributed by atoms with Gasteiger partial charge in [0.15, 0.2) is 5.11 Å². The van der Waals surface area contributed by atoms with Crippen LogP contribution in [0, 0.1) is 0 Å². The molecule has 0 saturated carbocycles. The number of hydrogen-bond donors (Lipinski definition) is 2. The lowest BCUT2D eigenvalue weighted by Gasteiger charge is -2.27. The Morgan fingerprint density at radius 2 is 1.81 bits per heavy atom. The Hall–Kier alpha value is -3.45. The minimum Gasteiger partial charge on any atom is -0.465 e. The van der Waals surface area contributed by atoms with E-state index >= 15 is 0 Å². The molecule has 2 aromatic rings. The van der Waals surface area contributed by atoms with Crippen LogP contribution < -0.4 is 15.5 Å². The third kappa shape index (κ3) is 3.84. The highest BCUT2D eigenvalue weighted by Crippen LogP contribution is 2.48. The Kier molecular flexibility index (Phi) is 5.37. The first kappa shape index (κ1) is 20.8. The Morgan fingerprint density at radius 1 is 1.10 bits per heavy atom. The zero-order valence-corrected chi connectivity index (χ0v) is 18.4. The number of allylic oxidation sites excluding steroid dienone is 3. The molecule has 2 heterocycles. The number of nitrogens with one attached hydrogen (secondary N) is 2. The number of amides is 1. The smallest absolute Gasteiger partial charge is 0.337 e. The van der Waals surface area contributed by atoms with E-state index in [0.717, 1.165) is 16.9 Å². The van der Waals surface area contributed by atoms with Gasteiger partial charge in [-0.3, -0.25) is 10.1 Å². The van der Waals surface area contributed by atoms with Crippen LogP contribution in [0.4, 0.5) is 5.69 Å². The summed E-state index contributed by atoms with van der Waals surface area (Å²) in [6.45, 7) is 4.96. The molecule has 6 nitrogen and oxygen atoms in total. The minimum atomic E-state index is -0.355. The number of anilines is 1. The van der Waals surface area contributed by atoms with Gasteiger partial charge in [-0.1, -0.05) is 44.2 Å². The van der Waals surface area contributed by atoms with E-state index < -0.39 is 0 Å². The van der Waals surface area contributed by atoms with Crippen molar-refractivity contribution < 1.29 is 14.3 Å².